The van der Waals surface area contributed by atoms with Gasteiger partial charge in [-0.15, -0.1) is 0 Å². The molecule has 5 nitrogen and oxygen atoms in total. The predicted molar refractivity (Wildman–Crippen MR) is 72.8 cm³/mol. The number of aliphatic carboxylic acids is 1. The molecule has 0 unspecified atom stereocenters. The molecule has 20 heavy (non-hydrogen) atoms. The summed E-state index contributed by atoms with van der Waals surface area (Å²) in [4.78, 5) is 22.2. The summed E-state index contributed by atoms with van der Waals surface area (Å²) in [5.74, 6) is -1.53. The molecule has 1 heterocycles. The third-order valence-electron chi connectivity index (χ3n) is 3.11. The normalized spacial score (nSPS) is 10.6. The average Bonchev–Trinajstić information content (AvgIpc) is 2.69. The van der Waals surface area contributed by atoms with Gasteiger partial charge in [0.25, 0.3) is 5.95 Å². The van der Waals surface area contributed by atoms with Crippen LogP contribution in [0.25, 0.3) is 16.7 Å². The topological polar surface area (TPSA) is 76.7 Å². The molecule has 0 bridgehead atoms. The van der Waals surface area contributed by atoms with Gasteiger partial charge in [0.1, 0.15) is 6.26 Å². The van der Waals surface area contributed by atoms with E-state index in [4.69, 9.17) is 14.3 Å². The standard InChI is InChI=1S/C15H14O5/c1-7-5-11(8(2)14(17)18)13-9(3)15(20-10(4)16)19-6-12(7)13/h5-6H,2H2,1,3-4H3,(H,17,18). The summed E-state index contributed by atoms with van der Waals surface area (Å²) in [6, 6.07) is 1.74. The molecule has 1 N–H and O–H groups in total. The minimum Gasteiger partial charge on any atom is -0.478 e. The quantitative estimate of drug-likeness (QED) is 0.687. The Labute approximate surface area is 115 Å². The van der Waals surface area contributed by atoms with Crippen molar-refractivity contribution in [1.29, 1.82) is 0 Å². The van der Waals surface area contributed by atoms with Gasteiger partial charge in [0.15, 0.2) is 0 Å². The molecule has 0 saturated carbocycles. The molecule has 0 aromatic rings. The van der Waals surface area contributed by atoms with Crippen molar-refractivity contribution in [3.05, 3.63) is 35.6 Å². The van der Waals surface area contributed by atoms with Crippen molar-refractivity contribution in [3.8, 4) is 17.1 Å². The lowest BCUT2D eigenvalue weighted by Gasteiger charge is -2.11. The smallest absolute Gasteiger partial charge is 0.335 e. The third kappa shape index (κ3) is 2.18. The Balaban J connectivity index is 2.70. The van der Waals surface area contributed by atoms with Gasteiger partial charge in [-0.1, -0.05) is 6.58 Å². The first kappa shape index (κ1) is 13.9. The molecule has 5 heteroatoms. The number of carboxylic acids is 1. The molecule has 0 aromatic carbocycles. The molecule has 1 aliphatic carbocycles. The number of fused-ring (bicyclic) bond motifs is 1. The molecule has 0 fully saturated rings. The second kappa shape index (κ2) is 4.85. The highest BCUT2D eigenvalue weighted by Crippen LogP contribution is 2.41. The van der Waals surface area contributed by atoms with Gasteiger partial charge in [-0.2, -0.15) is 0 Å². The van der Waals surface area contributed by atoms with Crippen molar-refractivity contribution < 1.29 is 23.8 Å². The van der Waals surface area contributed by atoms with Crippen LogP contribution in [0.1, 0.15) is 23.6 Å². The van der Waals surface area contributed by atoms with Gasteiger partial charge in [-0.25, -0.2) is 4.79 Å². The Kier molecular flexibility index (Phi) is 3.36. The van der Waals surface area contributed by atoms with Crippen LogP contribution in [0, 0.1) is 13.8 Å². The Morgan fingerprint density at radius 2 is 2.00 bits per heavy atom. The molecule has 104 valence electrons. The number of carbonyl (C=O) groups excluding carboxylic acids is 1. The van der Waals surface area contributed by atoms with Crippen LogP contribution in [0.15, 0.2) is 23.3 Å². The van der Waals surface area contributed by atoms with E-state index >= 15 is 0 Å². The van der Waals surface area contributed by atoms with Crippen LogP contribution in [-0.4, -0.2) is 17.0 Å². The largest absolute Gasteiger partial charge is 0.478 e. The maximum Gasteiger partial charge on any atom is 0.335 e. The van der Waals surface area contributed by atoms with Crippen LogP contribution in [0.2, 0.25) is 0 Å². The van der Waals surface area contributed by atoms with Crippen LogP contribution in [0.5, 0.6) is 5.95 Å². The zero-order valence-electron chi connectivity index (χ0n) is 11.4. The van der Waals surface area contributed by atoms with E-state index in [0.29, 0.717) is 16.7 Å². The van der Waals surface area contributed by atoms with E-state index in [1.165, 1.54) is 13.2 Å². The molecule has 0 spiro atoms. The highest BCUT2D eigenvalue weighted by Gasteiger charge is 2.24. The van der Waals surface area contributed by atoms with Crippen LogP contribution < -0.4 is 4.74 Å². The highest BCUT2D eigenvalue weighted by atomic mass is 16.6. The minimum atomic E-state index is -1.09. The van der Waals surface area contributed by atoms with Crippen molar-refractivity contribution >= 4 is 17.5 Å². The lowest BCUT2D eigenvalue weighted by Crippen LogP contribution is -2.04. The van der Waals surface area contributed by atoms with Gasteiger partial charge in [0, 0.05) is 23.6 Å². The Bertz CT molecular complexity index is 693. The summed E-state index contributed by atoms with van der Waals surface area (Å²) in [5.41, 5.74) is 3.40. The second-order valence-corrected chi connectivity index (χ2v) is 4.56. The van der Waals surface area contributed by atoms with E-state index in [1.54, 1.807) is 13.0 Å². The lowest BCUT2D eigenvalue weighted by atomic mass is 9.99. The van der Waals surface area contributed by atoms with Crippen LogP contribution >= 0.6 is 0 Å². The van der Waals surface area contributed by atoms with Crippen molar-refractivity contribution in [2.24, 2.45) is 0 Å². The number of hydrogen-bond donors (Lipinski definition) is 1. The fourth-order valence-electron chi connectivity index (χ4n) is 2.15. The third-order valence-corrected chi connectivity index (χ3v) is 3.11. The van der Waals surface area contributed by atoms with E-state index in [2.05, 4.69) is 6.58 Å². The molecule has 0 atom stereocenters. The van der Waals surface area contributed by atoms with E-state index in [-0.39, 0.29) is 11.5 Å². The number of hydrogen-bond acceptors (Lipinski definition) is 4. The first-order valence-corrected chi connectivity index (χ1v) is 5.95. The predicted octanol–water partition coefficient (Wildman–Crippen LogP) is 3.02. The van der Waals surface area contributed by atoms with Crippen molar-refractivity contribution in [3.63, 3.8) is 0 Å². The maximum atomic E-state index is 11.1. The molecule has 2 rings (SSSR count). The summed E-state index contributed by atoms with van der Waals surface area (Å²) < 4.78 is 10.3. The number of carbonyl (C=O) groups is 2. The van der Waals surface area contributed by atoms with Gasteiger partial charge in [0.05, 0.1) is 5.57 Å². The van der Waals surface area contributed by atoms with Gasteiger partial charge < -0.3 is 14.3 Å². The highest BCUT2D eigenvalue weighted by molar-refractivity contribution is 6.17. The van der Waals surface area contributed by atoms with Gasteiger partial charge >= 0.3 is 11.9 Å². The number of carboxylic acid groups (broad SMARTS) is 1. The van der Waals surface area contributed by atoms with Gasteiger partial charge in [0.2, 0.25) is 0 Å². The van der Waals surface area contributed by atoms with Gasteiger partial charge in [-0.05, 0) is 31.0 Å². The molecular weight excluding hydrogens is 260 g/mol. The van der Waals surface area contributed by atoms with E-state index < -0.39 is 11.9 Å². The molecule has 2 aliphatic rings. The number of esters is 1. The molecule has 0 saturated heterocycles. The molecule has 0 radical (unpaired) electrons. The van der Waals surface area contributed by atoms with Crippen molar-refractivity contribution in [2.75, 3.05) is 0 Å². The minimum absolute atomic E-state index is 0.00817. The fourth-order valence-corrected chi connectivity index (χ4v) is 2.15. The summed E-state index contributed by atoms with van der Waals surface area (Å²) >= 11 is 0. The zero-order valence-corrected chi connectivity index (χ0v) is 11.4. The first-order chi connectivity index (χ1) is 9.32. The average molecular weight is 274 g/mol. The van der Waals surface area contributed by atoms with Crippen LogP contribution in [0.3, 0.4) is 0 Å². The Hall–Kier alpha value is -2.56. The fraction of sp³-hybridized carbons (Fsp3) is 0.200. The summed E-state index contributed by atoms with van der Waals surface area (Å²) in [5, 5.41) is 9.10. The summed E-state index contributed by atoms with van der Waals surface area (Å²) in [7, 11) is 0. The summed E-state index contributed by atoms with van der Waals surface area (Å²) in [6.07, 6.45) is 1.45. The summed E-state index contributed by atoms with van der Waals surface area (Å²) in [6.45, 7) is 8.41. The lowest BCUT2D eigenvalue weighted by molar-refractivity contribution is -0.133. The van der Waals surface area contributed by atoms with E-state index in [9.17, 15) is 9.59 Å². The molecule has 1 aliphatic heterocycles. The molecule has 0 aromatic heterocycles. The van der Waals surface area contributed by atoms with Crippen LogP contribution in [0.4, 0.5) is 0 Å². The van der Waals surface area contributed by atoms with Gasteiger partial charge in [-0.3, -0.25) is 4.79 Å². The number of aryl methyl sites for hydroxylation is 1. The SMILES string of the molecule is C=C(C(=O)O)c1cc(C)c2coc(OC(C)=O)c(C)c1-2. The second-order valence-electron chi connectivity index (χ2n) is 4.56. The van der Waals surface area contributed by atoms with E-state index in [0.717, 1.165) is 11.1 Å². The van der Waals surface area contributed by atoms with Crippen LogP contribution in [-0.2, 0) is 9.59 Å². The molecule has 0 amide bonds. The first-order valence-electron chi connectivity index (χ1n) is 5.95. The Morgan fingerprint density at radius 3 is 2.55 bits per heavy atom. The van der Waals surface area contributed by atoms with Crippen molar-refractivity contribution in [1.82, 2.24) is 0 Å². The Morgan fingerprint density at radius 1 is 1.35 bits per heavy atom. The number of ether oxygens (including phenoxy) is 1. The van der Waals surface area contributed by atoms with E-state index in [1.807, 2.05) is 6.92 Å². The maximum absolute atomic E-state index is 11.1. The van der Waals surface area contributed by atoms with Crippen molar-refractivity contribution in [2.45, 2.75) is 20.8 Å². The zero-order chi connectivity index (χ0) is 15.0. The number of rotatable bonds is 3. The molecular formula is C15H14O5. The monoisotopic (exact) mass is 274 g/mol.